The summed E-state index contributed by atoms with van der Waals surface area (Å²) >= 11 is 0. The number of carbonyl (C=O) groups excluding carboxylic acids is 2. The molecule has 0 saturated carbocycles. The molecular formula is C25H27N3O2. The van der Waals surface area contributed by atoms with Gasteiger partial charge < -0.3 is 9.88 Å². The van der Waals surface area contributed by atoms with Crippen LogP contribution in [0, 0.1) is 10.8 Å². The first-order chi connectivity index (χ1) is 14.4. The average molecular weight is 402 g/mol. The number of amides is 1. The highest BCUT2D eigenvalue weighted by molar-refractivity contribution is 6.07. The zero-order chi connectivity index (χ0) is 20.9. The van der Waals surface area contributed by atoms with Gasteiger partial charge in [-0.1, -0.05) is 48.5 Å². The lowest BCUT2D eigenvalue weighted by Gasteiger charge is -2.55. The molecule has 2 atom stereocenters. The van der Waals surface area contributed by atoms with Crippen LogP contribution in [-0.2, 0) is 11.3 Å². The van der Waals surface area contributed by atoms with Crippen LogP contribution in [0.25, 0.3) is 10.9 Å². The molecule has 2 fully saturated rings. The van der Waals surface area contributed by atoms with E-state index < -0.39 is 10.8 Å². The maximum atomic E-state index is 13.5. The van der Waals surface area contributed by atoms with E-state index in [1.807, 2.05) is 49.1 Å². The summed E-state index contributed by atoms with van der Waals surface area (Å²) in [6.07, 6.45) is 1.80. The van der Waals surface area contributed by atoms with Crippen LogP contribution in [0.3, 0.4) is 0 Å². The van der Waals surface area contributed by atoms with E-state index in [9.17, 15) is 9.59 Å². The number of hydrogen-bond donors (Lipinski definition) is 1. The smallest absolute Gasteiger partial charge is 0.256 e. The standard InChI is InChI=1S/C25H27N3O2/c1-24-14-27(13-18-8-4-3-5-9-18)15-25(2,23(24)30)17-28(16-24)22(29)20-12-26-21-11-7-6-10-19(20)21/h3-12,26H,13-17H2,1-2H3/t24-,25+. The number of ketones is 1. The summed E-state index contributed by atoms with van der Waals surface area (Å²) in [6.45, 7) is 7.16. The lowest BCUT2D eigenvalue weighted by Crippen LogP contribution is -2.68. The van der Waals surface area contributed by atoms with E-state index in [1.165, 1.54) is 5.56 Å². The van der Waals surface area contributed by atoms with Gasteiger partial charge in [-0.2, -0.15) is 0 Å². The van der Waals surface area contributed by atoms with E-state index in [1.54, 1.807) is 6.20 Å². The van der Waals surface area contributed by atoms with Crippen molar-refractivity contribution < 1.29 is 9.59 Å². The second-order valence-corrected chi connectivity index (χ2v) is 9.49. The van der Waals surface area contributed by atoms with Crippen molar-refractivity contribution in [3.05, 3.63) is 71.9 Å². The number of piperidine rings is 2. The number of carbonyl (C=O) groups is 2. The molecule has 1 aromatic heterocycles. The Labute approximate surface area is 176 Å². The van der Waals surface area contributed by atoms with Crippen LogP contribution >= 0.6 is 0 Å². The molecule has 5 nitrogen and oxygen atoms in total. The number of para-hydroxylation sites is 1. The topological polar surface area (TPSA) is 56.4 Å². The molecule has 5 heteroatoms. The van der Waals surface area contributed by atoms with Crippen LogP contribution in [0.15, 0.2) is 60.8 Å². The van der Waals surface area contributed by atoms with Gasteiger partial charge in [0.05, 0.1) is 16.4 Å². The van der Waals surface area contributed by atoms with Gasteiger partial charge in [-0.15, -0.1) is 0 Å². The van der Waals surface area contributed by atoms with Gasteiger partial charge in [0.2, 0.25) is 0 Å². The second kappa shape index (κ2) is 6.81. The minimum absolute atomic E-state index is 0.00825. The fraction of sp³-hybridized carbons (Fsp3) is 0.360. The minimum atomic E-state index is -0.554. The van der Waals surface area contributed by atoms with E-state index >= 15 is 0 Å². The number of fused-ring (bicyclic) bond motifs is 3. The Balaban J connectivity index is 1.42. The van der Waals surface area contributed by atoms with Gasteiger partial charge in [-0.05, 0) is 25.5 Å². The fourth-order valence-corrected chi connectivity index (χ4v) is 5.57. The number of nitrogens with one attached hydrogen (secondary N) is 1. The van der Waals surface area contributed by atoms with E-state index in [4.69, 9.17) is 0 Å². The Hall–Kier alpha value is -2.92. The molecule has 0 spiro atoms. The molecule has 2 aliphatic rings. The normalized spacial score (nSPS) is 26.9. The Morgan fingerprint density at radius 1 is 0.933 bits per heavy atom. The number of hydrogen-bond acceptors (Lipinski definition) is 3. The van der Waals surface area contributed by atoms with Crippen LogP contribution in [0.1, 0.15) is 29.8 Å². The van der Waals surface area contributed by atoms with Gasteiger partial charge >= 0.3 is 0 Å². The van der Waals surface area contributed by atoms with E-state index in [0.29, 0.717) is 37.5 Å². The largest absolute Gasteiger partial charge is 0.360 e. The third-order valence-electron chi connectivity index (χ3n) is 6.68. The van der Waals surface area contributed by atoms with Gasteiger partial charge in [0.25, 0.3) is 5.91 Å². The first-order valence-electron chi connectivity index (χ1n) is 10.5. The molecule has 1 amide bonds. The van der Waals surface area contributed by atoms with Gasteiger partial charge in [0.1, 0.15) is 0 Å². The predicted octanol–water partition coefficient (Wildman–Crippen LogP) is 3.72. The second-order valence-electron chi connectivity index (χ2n) is 9.49. The maximum Gasteiger partial charge on any atom is 0.256 e. The molecule has 0 radical (unpaired) electrons. The summed E-state index contributed by atoms with van der Waals surface area (Å²) in [5.74, 6) is 0.302. The number of Topliss-reactive ketones (excluding diaryl/α,β-unsaturated/α-hetero) is 1. The van der Waals surface area contributed by atoms with Gasteiger partial charge in [0.15, 0.2) is 5.78 Å². The summed E-state index contributed by atoms with van der Waals surface area (Å²) in [7, 11) is 0. The highest BCUT2D eigenvalue weighted by Gasteiger charge is 2.56. The van der Waals surface area contributed by atoms with Crippen molar-refractivity contribution in [1.29, 1.82) is 0 Å². The van der Waals surface area contributed by atoms with Crippen LogP contribution < -0.4 is 0 Å². The summed E-state index contributed by atoms with van der Waals surface area (Å²) in [5, 5.41) is 0.936. The summed E-state index contributed by atoms with van der Waals surface area (Å²) < 4.78 is 0. The number of aromatic nitrogens is 1. The third-order valence-corrected chi connectivity index (χ3v) is 6.68. The Morgan fingerprint density at radius 2 is 1.57 bits per heavy atom. The first kappa shape index (κ1) is 19.1. The van der Waals surface area contributed by atoms with Gasteiger partial charge in [0, 0.05) is 49.8 Å². The van der Waals surface area contributed by atoms with E-state index in [0.717, 1.165) is 17.4 Å². The Kier molecular flexibility index (Phi) is 4.33. The van der Waals surface area contributed by atoms with Crippen LogP contribution in [-0.4, -0.2) is 52.7 Å². The molecule has 0 aliphatic carbocycles. The third kappa shape index (κ3) is 3.05. The molecule has 3 heterocycles. The average Bonchev–Trinajstić information content (AvgIpc) is 3.15. The fourth-order valence-electron chi connectivity index (χ4n) is 5.57. The maximum absolute atomic E-state index is 13.5. The van der Waals surface area contributed by atoms with Gasteiger partial charge in [-0.3, -0.25) is 14.5 Å². The zero-order valence-corrected chi connectivity index (χ0v) is 17.5. The lowest BCUT2D eigenvalue weighted by atomic mass is 9.64. The summed E-state index contributed by atoms with van der Waals surface area (Å²) in [5.41, 5.74) is 1.79. The SMILES string of the molecule is C[C@]12CN(Cc3ccccc3)C[C@](C)(CN(C(=O)c3c[nH]c4ccccc34)C1)C2=O. The van der Waals surface area contributed by atoms with Crippen molar-refractivity contribution in [3.8, 4) is 0 Å². The van der Waals surface area contributed by atoms with Crippen molar-refractivity contribution in [2.24, 2.45) is 10.8 Å². The van der Waals surface area contributed by atoms with Crippen LogP contribution in [0.4, 0.5) is 0 Å². The summed E-state index contributed by atoms with van der Waals surface area (Å²) in [6, 6.07) is 18.2. The Bertz CT molecular complexity index is 1100. The molecule has 154 valence electrons. The summed E-state index contributed by atoms with van der Waals surface area (Å²) in [4.78, 5) is 34.3. The molecular weight excluding hydrogens is 374 g/mol. The van der Waals surface area contributed by atoms with Crippen molar-refractivity contribution in [1.82, 2.24) is 14.8 Å². The predicted molar refractivity (Wildman–Crippen MR) is 117 cm³/mol. The number of likely N-dealkylation sites (tertiary alicyclic amines) is 2. The molecule has 0 unspecified atom stereocenters. The van der Waals surface area contributed by atoms with Gasteiger partial charge in [-0.25, -0.2) is 0 Å². The monoisotopic (exact) mass is 401 g/mol. The number of rotatable bonds is 3. The van der Waals surface area contributed by atoms with E-state index in [-0.39, 0.29) is 5.91 Å². The van der Waals surface area contributed by atoms with Crippen molar-refractivity contribution in [3.63, 3.8) is 0 Å². The van der Waals surface area contributed by atoms with Crippen molar-refractivity contribution in [2.75, 3.05) is 26.2 Å². The molecule has 1 N–H and O–H groups in total. The molecule has 2 saturated heterocycles. The van der Waals surface area contributed by atoms with Crippen LogP contribution in [0.5, 0.6) is 0 Å². The molecule has 3 aromatic rings. The zero-order valence-electron chi connectivity index (χ0n) is 17.5. The molecule has 2 bridgehead atoms. The van der Waals surface area contributed by atoms with E-state index in [2.05, 4.69) is 34.1 Å². The quantitative estimate of drug-likeness (QED) is 0.728. The van der Waals surface area contributed by atoms with Crippen molar-refractivity contribution in [2.45, 2.75) is 20.4 Å². The molecule has 30 heavy (non-hydrogen) atoms. The number of nitrogens with zero attached hydrogens (tertiary/aromatic N) is 2. The number of aromatic amines is 1. The lowest BCUT2D eigenvalue weighted by molar-refractivity contribution is -0.155. The van der Waals surface area contributed by atoms with Crippen LogP contribution in [0.2, 0.25) is 0 Å². The highest BCUT2D eigenvalue weighted by atomic mass is 16.2. The number of benzene rings is 2. The minimum Gasteiger partial charge on any atom is -0.360 e. The molecule has 5 rings (SSSR count). The first-order valence-corrected chi connectivity index (χ1v) is 10.5. The number of H-pyrrole nitrogens is 1. The highest BCUT2D eigenvalue weighted by Crippen LogP contribution is 2.43. The molecule has 2 aromatic carbocycles. The van der Waals surface area contributed by atoms with Crippen molar-refractivity contribution >= 4 is 22.6 Å². The molecule has 2 aliphatic heterocycles. The Morgan fingerprint density at radius 3 is 2.27 bits per heavy atom.